The first kappa shape index (κ1) is 17.8. The maximum atomic E-state index is 12.3. The van der Waals surface area contributed by atoms with E-state index in [-0.39, 0.29) is 32.6 Å². The molecule has 0 heterocycles. The minimum absolute atomic E-state index is 0.0260. The number of benzene rings is 2. The number of aromatic carboxylic acids is 1. The van der Waals surface area contributed by atoms with Gasteiger partial charge in [0.15, 0.2) is 0 Å². The van der Waals surface area contributed by atoms with E-state index in [0.717, 1.165) is 0 Å². The van der Waals surface area contributed by atoms with E-state index in [9.17, 15) is 18.0 Å². The molecule has 0 saturated carbocycles. The molecule has 0 aliphatic heterocycles. The predicted molar refractivity (Wildman–Crippen MR) is 89.1 cm³/mol. The summed E-state index contributed by atoms with van der Waals surface area (Å²) in [6.45, 7) is 0. The molecule has 1 amide bonds. The molecule has 2 aromatic carbocycles. The zero-order valence-corrected chi connectivity index (χ0v) is 14.0. The number of sulfonamides is 1. The molecule has 0 atom stereocenters. The predicted octanol–water partition coefficient (Wildman–Crippen LogP) is 2.20. The van der Waals surface area contributed by atoms with Crippen molar-refractivity contribution in [1.82, 2.24) is 5.32 Å². The molecule has 3 N–H and O–H groups in total. The standard InChI is InChI=1S/C15H13ClN2O5S/c1-17-14(19)10-4-7-13(12(16)8-10)18-24(22,23)11-5-2-9(3-6-11)15(20)21/h2-8,18H,1H3,(H,17,19)(H,20,21). The van der Waals surface area contributed by atoms with Gasteiger partial charge in [-0.2, -0.15) is 0 Å². The molecule has 0 bridgehead atoms. The number of rotatable bonds is 5. The average molecular weight is 369 g/mol. The van der Waals surface area contributed by atoms with Crippen molar-refractivity contribution in [1.29, 1.82) is 0 Å². The van der Waals surface area contributed by atoms with E-state index in [1.54, 1.807) is 0 Å². The Balaban J connectivity index is 2.29. The summed E-state index contributed by atoms with van der Waals surface area (Å²) in [6.07, 6.45) is 0. The van der Waals surface area contributed by atoms with E-state index in [1.807, 2.05) is 0 Å². The fourth-order valence-electron chi connectivity index (χ4n) is 1.86. The van der Waals surface area contributed by atoms with Crippen molar-refractivity contribution in [3.8, 4) is 0 Å². The minimum Gasteiger partial charge on any atom is -0.478 e. The highest BCUT2D eigenvalue weighted by atomic mass is 35.5. The van der Waals surface area contributed by atoms with Crippen LogP contribution in [-0.2, 0) is 10.0 Å². The van der Waals surface area contributed by atoms with E-state index in [1.165, 1.54) is 49.5 Å². The molecule has 126 valence electrons. The molecule has 0 aromatic heterocycles. The van der Waals surface area contributed by atoms with Crippen LogP contribution in [0.4, 0.5) is 5.69 Å². The van der Waals surface area contributed by atoms with Gasteiger partial charge < -0.3 is 10.4 Å². The number of hydrogen-bond acceptors (Lipinski definition) is 4. The second kappa shape index (κ2) is 6.90. The first-order valence-corrected chi connectivity index (χ1v) is 8.48. The lowest BCUT2D eigenvalue weighted by atomic mass is 10.2. The van der Waals surface area contributed by atoms with Gasteiger partial charge in [-0.3, -0.25) is 9.52 Å². The second-order valence-electron chi connectivity index (χ2n) is 4.71. The molecule has 2 aromatic rings. The van der Waals surface area contributed by atoms with Crippen molar-refractivity contribution in [3.05, 3.63) is 58.6 Å². The zero-order valence-electron chi connectivity index (χ0n) is 12.4. The highest BCUT2D eigenvalue weighted by Crippen LogP contribution is 2.26. The van der Waals surface area contributed by atoms with Crippen molar-refractivity contribution in [2.24, 2.45) is 0 Å². The number of carbonyl (C=O) groups is 2. The van der Waals surface area contributed by atoms with Crippen LogP contribution in [0.15, 0.2) is 47.4 Å². The number of anilines is 1. The lowest BCUT2D eigenvalue weighted by Crippen LogP contribution is -2.18. The first-order valence-electron chi connectivity index (χ1n) is 6.62. The number of halogens is 1. The van der Waals surface area contributed by atoms with Crippen molar-refractivity contribution in [2.75, 3.05) is 11.8 Å². The Hall–Kier alpha value is -2.58. The van der Waals surface area contributed by atoms with Gasteiger partial charge in [0, 0.05) is 12.6 Å². The minimum atomic E-state index is -3.94. The Kier molecular flexibility index (Phi) is 5.10. The van der Waals surface area contributed by atoms with Crippen LogP contribution in [0.1, 0.15) is 20.7 Å². The summed E-state index contributed by atoms with van der Waals surface area (Å²) in [5, 5.41) is 11.3. The molecule has 0 spiro atoms. The molecule has 24 heavy (non-hydrogen) atoms. The van der Waals surface area contributed by atoms with E-state index in [2.05, 4.69) is 10.0 Å². The lowest BCUT2D eigenvalue weighted by molar-refractivity contribution is 0.0696. The molecule has 9 heteroatoms. The number of carboxylic acids is 1. The van der Waals surface area contributed by atoms with Crippen LogP contribution < -0.4 is 10.0 Å². The number of amides is 1. The van der Waals surface area contributed by atoms with Gasteiger partial charge >= 0.3 is 5.97 Å². The molecule has 0 aliphatic rings. The van der Waals surface area contributed by atoms with Gasteiger partial charge in [0.1, 0.15) is 0 Å². The second-order valence-corrected chi connectivity index (χ2v) is 6.80. The van der Waals surface area contributed by atoms with Crippen LogP contribution in [0.2, 0.25) is 5.02 Å². The quantitative estimate of drug-likeness (QED) is 0.748. The Morgan fingerprint density at radius 2 is 1.62 bits per heavy atom. The van der Waals surface area contributed by atoms with E-state index >= 15 is 0 Å². The SMILES string of the molecule is CNC(=O)c1ccc(NS(=O)(=O)c2ccc(C(=O)O)cc2)c(Cl)c1. The largest absolute Gasteiger partial charge is 0.478 e. The van der Waals surface area contributed by atoms with E-state index in [4.69, 9.17) is 16.7 Å². The summed E-state index contributed by atoms with van der Waals surface area (Å²) in [6, 6.07) is 8.87. The van der Waals surface area contributed by atoms with Gasteiger partial charge in [-0.05, 0) is 42.5 Å². The Labute approximate surface area is 143 Å². The average Bonchev–Trinajstić information content (AvgIpc) is 2.56. The fraction of sp³-hybridized carbons (Fsp3) is 0.0667. The molecular weight excluding hydrogens is 356 g/mol. The van der Waals surface area contributed by atoms with E-state index in [0.29, 0.717) is 0 Å². The van der Waals surface area contributed by atoms with Gasteiger partial charge in [-0.15, -0.1) is 0 Å². The van der Waals surface area contributed by atoms with Crippen LogP contribution >= 0.6 is 11.6 Å². The van der Waals surface area contributed by atoms with Crippen molar-refractivity contribution < 1.29 is 23.1 Å². The normalized spacial score (nSPS) is 10.9. The molecule has 2 rings (SSSR count). The van der Waals surface area contributed by atoms with Crippen molar-refractivity contribution in [3.63, 3.8) is 0 Å². The maximum absolute atomic E-state index is 12.3. The monoisotopic (exact) mass is 368 g/mol. The van der Waals surface area contributed by atoms with Gasteiger partial charge in [0.05, 0.1) is 21.2 Å². The van der Waals surface area contributed by atoms with Crippen LogP contribution in [0, 0.1) is 0 Å². The van der Waals surface area contributed by atoms with Gasteiger partial charge in [-0.25, -0.2) is 13.2 Å². The van der Waals surface area contributed by atoms with Crippen LogP contribution in [0.25, 0.3) is 0 Å². The van der Waals surface area contributed by atoms with Crippen LogP contribution in [-0.4, -0.2) is 32.4 Å². The molecule has 0 fully saturated rings. The summed E-state index contributed by atoms with van der Waals surface area (Å²) in [5.74, 6) is -1.50. The third kappa shape index (κ3) is 3.84. The third-order valence-corrected chi connectivity index (χ3v) is 4.81. The number of hydrogen-bond donors (Lipinski definition) is 3. The van der Waals surface area contributed by atoms with Crippen LogP contribution in [0.3, 0.4) is 0 Å². The van der Waals surface area contributed by atoms with Crippen LogP contribution in [0.5, 0.6) is 0 Å². The Morgan fingerprint density at radius 3 is 2.12 bits per heavy atom. The summed E-state index contributed by atoms with van der Waals surface area (Å²) >= 11 is 6.01. The molecule has 7 nitrogen and oxygen atoms in total. The van der Waals surface area contributed by atoms with Gasteiger partial charge in [-0.1, -0.05) is 11.6 Å². The smallest absolute Gasteiger partial charge is 0.335 e. The van der Waals surface area contributed by atoms with Crippen molar-refractivity contribution >= 4 is 39.2 Å². The fourth-order valence-corrected chi connectivity index (χ4v) is 3.23. The summed E-state index contributed by atoms with van der Waals surface area (Å²) < 4.78 is 26.9. The molecule has 0 radical (unpaired) electrons. The number of carboxylic acid groups (broad SMARTS) is 1. The molecular formula is C15H13ClN2O5S. The maximum Gasteiger partial charge on any atom is 0.335 e. The number of nitrogens with one attached hydrogen (secondary N) is 2. The Morgan fingerprint density at radius 1 is 1.04 bits per heavy atom. The van der Waals surface area contributed by atoms with Gasteiger partial charge in [0.25, 0.3) is 15.9 Å². The summed E-state index contributed by atoms with van der Waals surface area (Å²) in [4.78, 5) is 22.2. The highest BCUT2D eigenvalue weighted by Gasteiger charge is 2.17. The molecule has 0 unspecified atom stereocenters. The van der Waals surface area contributed by atoms with Crippen molar-refractivity contribution in [2.45, 2.75) is 4.90 Å². The van der Waals surface area contributed by atoms with Gasteiger partial charge in [0.2, 0.25) is 0 Å². The number of carbonyl (C=O) groups excluding carboxylic acids is 1. The van der Waals surface area contributed by atoms with E-state index < -0.39 is 16.0 Å². The topological polar surface area (TPSA) is 113 Å². The molecule has 0 aliphatic carbocycles. The first-order chi connectivity index (χ1) is 11.2. The Bertz CT molecular complexity index is 895. The highest BCUT2D eigenvalue weighted by molar-refractivity contribution is 7.92. The third-order valence-electron chi connectivity index (χ3n) is 3.11. The zero-order chi connectivity index (χ0) is 17.9. The summed E-state index contributed by atoms with van der Waals surface area (Å²) in [5.41, 5.74) is 0.366. The molecule has 0 saturated heterocycles. The lowest BCUT2D eigenvalue weighted by Gasteiger charge is -2.11. The summed E-state index contributed by atoms with van der Waals surface area (Å²) in [7, 11) is -2.48.